The van der Waals surface area contributed by atoms with Gasteiger partial charge in [-0.15, -0.1) is 0 Å². The summed E-state index contributed by atoms with van der Waals surface area (Å²) in [6.45, 7) is 4.52. The van der Waals surface area contributed by atoms with Gasteiger partial charge in [0, 0.05) is 26.1 Å². The zero-order valence-corrected chi connectivity index (χ0v) is 19.9. The van der Waals surface area contributed by atoms with Crippen molar-refractivity contribution in [1.29, 1.82) is 0 Å². The number of carbonyl (C=O) groups excluding carboxylic acids is 1. The van der Waals surface area contributed by atoms with Crippen LogP contribution in [0.15, 0.2) is 33.7 Å². The number of anilines is 1. The van der Waals surface area contributed by atoms with Crippen molar-refractivity contribution in [3.8, 4) is 0 Å². The fraction of sp³-hybridized carbons (Fsp3) is 0.476. The maximum absolute atomic E-state index is 13.4. The van der Waals surface area contributed by atoms with Crippen LogP contribution in [0.4, 0.5) is 5.13 Å². The van der Waals surface area contributed by atoms with Crippen LogP contribution in [0.3, 0.4) is 0 Å². The molecule has 0 N–H and O–H groups in total. The van der Waals surface area contributed by atoms with Crippen molar-refractivity contribution in [2.24, 2.45) is 5.92 Å². The average molecular weight is 479 g/mol. The van der Waals surface area contributed by atoms with Gasteiger partial charge in [0.25, 0.3) is 0 Å². The van der Waals surface area contributed by atoms with E-state index in [-0.39, 0.29) is 35.6 Å². The third-order valence-electron chi connectivity index (χ3n) is 5.67. The molecule has 0 unspecified atom stereocenters. The second kappa shape index (κ2) is 9.26. The van der Waals surface area contributed by atoms with Crippen molar-refractivity contribution in [2.75, 3.05) is 38.3 Å². The number of thiazole rings is 1. The zero-order chi connectivity index (χ0) is 22.9. The van der Waals surface area contributed by atoms with Gasteiger partial charge in [0.2, 0.25) is 15.9 Å². The second-order valence-corrected chi connectivity index (χ2v) is 10.7. The molecule has 172 valence electrons. The molecule has 2 aromatic heterocycles. The van der Waals surface area contributed by atoms with Crippen LogP contribution < -0.4 is 4.90 Å². The van der Waals surface area contributed by atoms with Gasteiger partial charge in [-0.05, 0) is 38.8 Å². The molecule has 4 rings (SSSR count). The number of aromatic nitrogens is 2. The molecule has 0 bridgehead atoms. The third kappa shape index (κ3) is 4.29. The van der Waals surface area contributed by atoms with Gasteiger partial charge in [0.05, 0.1) is 23.4 Å². The van der Waals surface area contributed by atoms with E-state index < -0.39 is 10.0 Å². The molecule has 1 aliphatic rings. The summed E-state index contributed by atoms with van der Waals surface area (Å²) >= 11 is 1.47. The third-order valence-corrected chi connectivity index (χ3v) is 8.87. The molecule has 9 nitrogen and oxygen atoms in total. The SMILES string of the molecule is COCCN(C(=O)C1CCN(S(=O)(=O)c2c(C)noc2C)CC1)c1nc2ccccc2s1. The Morgan fingerprint density at radius 1 is 1.28 bits per heavy atom. The van der Waals surface area contributed by atoms with Crippen LogP contribution in [0.25, 0.3) is 10.2 Å². The molecule has 0 aliphatic carbocycles. The minimum absolute atomic E-state index is 0.0458. The Morgan fingerprint density at radius 2 is 2.00 bits per heavy atom. The highest BCUT2D eigenvalue weighted by Gasteiger charge is 2.37. The Kier molecular flexibility index (Phi) is 6.61. The molecule has 0 radical (unpaired) electrons. The predicted octanol–water partition coefficient (Wildman–Crippen LogP) is 2.98. The molecule has 1 saturated heterocycles. The van der Waals surface area contributed by atoms with Crippen LogP contribution in [0, 0.1) is 19.8 Å². The number of hydrogen-bond acceptors (Lipinski definition) is 8. The summed E-state index contributed by atoms with van der Waals surface area (Å²) in [7, 11) is -2.11. The standard InChI is InChI=1S/C21H26N4O5S2/c1-14-19(15(2)30-23-14)32(27,28)24-10-8-16(9-11-24)20(26)25(12-13-29-3)21-22-17-6-4-5-7-18(17)31-21/h4-7,16H,8-13H2,1-3H3. The van der Waals surface area contributed by atoms with E-state index in [2.05, 4.69) is 10.1 Å². The number of fused-ring (bicyclic) bond motifs is 1. The number of aryl methyl sites for hydroxylation is 2. The van der Waals surface area contributed by atoms with Gasteiger partial charge in [-0.1, -0.05) is 28.6 Å². The Hall–Kier alpha value is -2.34. The van der Waals surface area contributed by atoms with Crippen LogP contribution in [-0.2, 0) is 19.6 Å². The maximum Gasteiger partial charge on any atom is 0.248 e. The Labute approximate surface area is 191 Å². The summed E-state index contributed by atoms with van der Waals surface area (Å²) in [5.41, 5.74) is 1.20. The van der Waals surface area contributed by atoms with Gasteiger partial charge in [0.15, 0.2) is 10.9 Å². The quantitative estimate of drug-likeness (QED) is 0.514. The van der Waals surface area contributed by atoms with Gasteiger partial charge >= 0.3 is 0 Å². The summed E-state index contributed by atoms with van der Waals surface area (Å²) in [4.78, 5) is 19.9. The molecule has 1 fully saturated rings. The lowest BCUT2D eigenvalue weighted by atomic mass is 9.96. The predicted molar refractivity (Wildman–Crippen MR) is 121 cm³/mol. The van der Waals surface area contributed by atoms with Crippen molar-refractivity contribution in [3.05, 3.63) is 35.7 Å². The molecule has 1 amide bonds. The minimum Gasteiger partial charge on any atom is -0.383 e. The molecule has 1 aromatic carbocycles. The van der Waals surface area contributed by atoms with Crippen LogP contribution in [0.1, 0.15) is 24.3 Å². The van der Waals surface area contributed by atoms with Gasteiger partial charge in [-0.2, -0.15) is 4.31 Å². The molecule has 11 heteroatoms. The Balaban J connectivity index is 1.50. The van der Waals surface area contributed by atoms with Crippen molar-refractivity contribution in [2.45, 2.75) is 31.6 Å². The average Bonchev–Trinajstić information content (AvgIpc) is 3.36. The smallest absolute Gasteiger partial charge is 0.248 e. The molecular weight excluding hydrogens is 452 g/mol. The molecule has 1 aliphatic heterocycles. The number of piperidine rings is 1. The van der Waals surface area contributed by atoms with Crippen LogP contribution in [0.2, 0.25) is 0 Å². The topological polar surface area (TPSA) is 106 Å². The van der Waals surface area contributed by atoms with Crippen molar-refractivity contribution < 1.29 is 22.5 Å². The summed E-state index contributed by atoms with van der Waals surface area (Å²) < 4.78 is 38.8. The minimum atomic E-state index is -3.71. The summed E-state index contributed by atoms with van der Waals surface area (Å²) in [5, 5.41) is 4.40. The van der Waals surface area contributed by atoms with E-state index in [9.17, 15) is 13.2 Å². The Bertz CT molecular complexity index is 1160. The largest absolute Gasteiger partial charge is 0.383 e. The number of nitrogens with zero attached hydrogens (tertiary/aromatic N) is 4. The molecule has 0 atom stereocenters. The lowest BCUT2D eigenvalue weighted by Crippen LogP contribution is -2.45. The first-order valence-corrected chi connectivity index (χ1v) is 12.7. The number of ether oxygens (including phenoxy) is 1. The van der Waals surface area contributed by atoms with Crippen molar-refractivity contribution >= 4 is 42.6 Å². The lowest BCUT2D eigenvalue weighted by Gasteiger charge is -2.32. The number of sulfonamides is 1. The fourth-order valence-corrected chi connectivity index (χ4v) is 6.75. The summed E-state index contributed by atoms with van der Waals surface area (Å²) in [5.74, 6) is -0.0484. The van der Waals surface area contributed by atoms with E-state index >= 15 is 0 Å². The van der Waals surface area contributed by atoms with E-state index in [1.807, 2.05) is 24.3 Å². The second-order valence-electron chi connectivity index (χ2n) is 7.78. The Morgan fingerprint density at radius 3 is 2.62 bits per heavy atom. The van der Waals surface area contributed by atoms with E-state index in [4.69, 9.17) is 9.26 Å². The summed E-state index contributed by atoms with van der Waals surface area (Å²) in [6, 6.07) is 7.77. The molecule has 3 heterocycles. The van der Waals surface area contributed by atoms with Gasteiger partial charge in [0.1, 0.15) is 10.6 Å². The number of benzene rings is 1. The zero-order valence-electron chi connectivity index (χ0n) is 18.3. The van der Waals surface area contributed by atoms with Gasteiger partial charge in [-0.3, -0.25) is 9.69 Å². The van der Waals surface area contributed by atoms with E-state index in [0.717, 1.165) is 10.2 Å². The van der Waals surface area contributed by atoms with E-state index in [0.29, 0.717) is 36.8 Å². The number of rotatable bonds is 7. The highest BCUT2D eigenvalue weighted by molar-refractivity contribution is 7.89. The monoisotopic (exact) mass is 478 g/mol. The number of carbonyl (C=O) groups is 1. The first-order chi connectivity index (χ1) is 15.3. The fourth-order valence-electron chi connectivity index (χ4n) is 3.99. The molecule has 32 heavy (non-hydrogen) atoms. The maximum atomic E-state index is 13.4. The number of hydrogen-bond donors (Lipinski definition) is 0. The number of methoxy groups -OCH3 is 1. The highest BCUT2D eigenvalue weighted by atomic mass is 32.2. The van der Waals surface area contributed by atoms with E-state index in [1.165, 1.54) is 15.6 Å². The van der Waals surface area contributed by atoms with Crippen molar-refractivity contribution in [1.82, 2.24) is 14.4 Å². The first kappa shape index (κ1) is 22.8. The van der Waals surface area contributed by atoms with Gasteiger partial charge in [-0.25, -0.2) is 13.4 Å². The number of amides is 1. The number of para-hydroxylation sites is 1. The molecule has 3 aromatic rings. The van der Waals surface area contributed by atoms with Crippen LogP contribution >= 0.6 is 11.3 Å². The molecule has 0 spiro atoms. The normalized spacial score (nSPS) is 16.0. The lowest BCUT2D eigenvalue weighted by molar-refractivity contribution is -0.123. The van der Waals surface area contributed by atoms with Gasteiger partial charge < -0.3 is 9.26 Å². The molecular formula is C21H26N4O5S2. The van der Waals surface area contributed by atoms with Crippen LogP contribution in [-0.4, -0.2) is 62.1 Å². The van der Waals surface area contributed by atoms with Crippen LogP contribution in [0.5, 0.6) is 0 Å². The summed E-state index contributed by atoms with van der Waals surface area (Å²) in [6.07, 6.45) is 0.881. The van der Waals surface area contributed by atoms with Crippen molar-refractivity contribution in [3.63, 3.8) is 0 Å². The molecule has 0 saturated carbocycles. The first-order valence-electron chi connectivity index (χ1n) is 10.4. The highest BCUT2D eigenvalue weighted by Crippen LogP contribution is 2.32. The van der Waals surface area contributed by atoms with E-state index in [1.54, 1.807) is 25.9 Å².